The van der Waals surface area contributed by atoms with Gasteiger partial charge in [-0.15, -0.1) is 12.2 Å². The number of hydrogen-bond donors (Lipinski definition) is 1. The van der Waals surface area contributed by atoms with E-state index in [9.17, 15) is 20.1 Å². The summed E-state index contributed by atoms with van der Waals surface area (Å²) in [5.41, 5.74) is -0.178. The molecular weight excluding hydrogens is 263 g/mol. The minimum absolute atomic E-state index is 0. The molecule has 0 aliphatic rings. The van der Waals surface area contributed by atoms with Gasteiger partial charge in [-0.3, -0.25) is 0 Å². The first-order valence-electron chi connectivity index (χ1n) is 5.49. The fourth-order valence-corrected chi connectivity index (χ4v) is 0.643. The number of aromatic carboxylic acids is 1. The summed E-state index contributed by atoms with van der Waals surface area (Å²) in [6.07, 6.45) is -0.833. The Morgan fingerprint density at radius 2 is 1.37 bits per heavy atom. The maximum absolute atomic E-state index is 10.7. The maximum atomic E-state index is 10.7. The third-order valence-corrected chi connectivity index (χ3v) is 1.12. The molecule has 0 atom stereocenters. The van der Waals surface area contributed by atoms with Crippen LogP contribution < -0.4 is 15.3 Å². The van der Waals surface area contributed by atoms with Crippen molar-refractivity contribution in [2.45, 2.75) is 39.9 Å². The zero-order valence-corrected chi connectivity index (χ0v) is 12.8. The number of carboxylic acids is 1. The number of para-hydroxylation sites is 1. The summed E-state index contributed by atoms with van der Waals surface area (Å²) in [5.74, 6) is -1.62. The summed E-state index contributed by atoms with van der Waals surface area (Å²) >= 11 is 0. The molecule has 0 aliphatic heterocycles. The molecule has 104 valence electrons. The van der Waals surface area contributed by atoms with Crippen LogP contribution in [-0.4, -0.2) is 40.6 Å². The topological polar surface area (TPSA) is 106 Å². The van der Waals surface area contributed by atoms with Gasteiger partial charge in [-0.2, -0.15) is 0 Å². The Bertz CT molecular complexity index is 328. The molecule has 0 heterocycles. The molecule has 5 nitrogen and oxygen atoms in total. The normalized spacial score (nSPS) is 8.63. The fourth-order valence-electron chi connectivity index (χ4n) is 0.643. The summed E-state index contributed by atoms with van der Waals surface area (Å²) in [5, 5.41) is 38.1. The molecule has 0 spiro atoms. The second-order valence-corrected chi connectivity index (χ2v) is 3.90. The molecule has 0 saturated heterocycles. The quantitative estimate of drug-likeness (QED) is 0.704. The Morgan fingerprint density at radius 1 is 1.05 bits per heavy atom. The van der Waals surface area contributed by atoms with Crippen LogP contribution in [0.1, 0.15) is 38.1 Å². The van der Waals surface area contributed by atoms with Gasteiger partial charge in [0.2, 0.25) is 0 Å². The monoisotopic (exact) mass is 282 g/mol. The van der Waals surface area contributed by atoms with Gasteiger partial charge in [-0.05, 0) is 6.07 Å². The largest absolute Gasteiger partial charge is 3.00 e. The van der Waals surface area contributed by atoms with Crippen LogP contribution in [0.25, 0.3) is 0 Å². The van der Waals surface area contributed by atoms with E-state index in [-0.39, 0.29) is 22.9 Å². The number of hydrogen-bond acceptors (Lipinski definition) is 4. The second kappa shape index (κ2) is 13.4. The van der Waals surface area contributed by atoms with Gasteiger partial charge < -0.3 is 20.4 Å². The average Bonchev–Trinajstić information content (AvgIpc) is 2.15. The molecular formula is C13H19AlO5. The molecule has 0 saturated carbocycles. The third kappa shape index (κ3) is 19.5. The van der Waals surface area contributed by atoms with Gasteiger partial charge in [0, 0.05) is 0 Å². The summed E-state index contributed by atoms with van der Waals surface area (Å²) in [6, 6.07) is 5.54. The van der Waals surface area contributed by atoms with Gasteiger partial charge in [0.15, 0.2) is 0 Å². The molecule has 1 aromatic carbocycles. The minimum Gasteiger partial charge on any atom is -0.872 e. The van der Waals surface area contributed by atoms with Gasteiger partial charge >= 0.3 is 23.3 Å². The van der Waals surface area contributed by atoms with Crippen molar-refractivity contribution < 1.29 is 25.2 Å². The molecule has 6 heteroatoms. The fraction of sp³-hybridized carbons (Fsp3) is 0.462. The van der Waals surface area contributed by atoms with Crippen molar-refractivity contribution in [1.29, 1.82) is 0 Å². The van der Waals surface area contributed by atoms with Crippen molar-refractivity contribution in [2.24, 2.45) is 0 Å². The first kappa shape index (κ1) is 23.1. The standard InChI is InChI=1S/C7H6O3.2C3H7O.Al/c8-6-4-2-1-3-5(6)7(9)10;2*1-3(2)4;/h1-4,8H,(H,9,10);2*3H,1-2H3;/q;2*-1;+3/p-1. The smallest absolute Gasteiger partial charge is 0.872 e. The molecule has 1 aromatic rings. The summed E-state index contributed by atoms with van der Waals surface area (Å²) in [7, 11) is 0. The first-order chi connectivity index (χ1) is 8.18. The van der Waals surface area contributed by atoms with Crippen LogP contribution in [0.5, 0.6) is 5.75 Å². The molecule has 1 N–H and O–H groups in total. The van der Waals surface area contributed by atoms with Crippen molar-refractivity contribution in [3.05, 3.63) is 29.8 Å². The number of carboxylic acid groups (broad SMARTS) is 1. The van der Waals surface area contributed by atoms with E-state index in [4.69, 9.17) is 5.11 Å². The van der Waals surface area contributed by atoms with E-state index >= 15 is 0 Å². The van der Waals surface area contributed by atoms with Gasteiger partial charge in [0.05, 0.1) is 5.56 Å². The van der Waals surface area contributed by atoms with Crippen LogP contribution in [0.3, 0.4) is 0 Å². The van der Waals surface area contributed by atoms with Gasteiger partial charge in [-0.25, -0.2) is 4.79 Å². The van der Waals surface area contributed by atoms with Crippen LogP contribution >= 0.6 is 0 Å². The van der Waals surface area contributed by atoms with E-state index in [1.807, 2.05) is 0 Å². The average molecular weight is 282 g/mol. The molecule has 0 unspecified atom stereocenters. The Labute approximate surface area is 124 Å². The zero-order valence-electron chi connectivity index (χ0n) is 11.6. The van der Waals surface area contributed by atoms with Crippen molar-refractivity contribution >= 4 is 23.3 Å². The Morgan fingerprint density at radius 3 is 1.58 bits per heavy atom. The Hall–Kier alpha value is -1.06. The summed E-state index contributed by atoms with van der Waals surface area (Å²) in [4.78, 5) is 10.2. The third-order valence-electron chi connectivity index (χ3n) is 1.12. The SMILES string of the molecule is CC(C)[O-].CC(C)[O-].O=C(O)c1ccccc1[O-].[Al+3]. The van der Waals surface area contributed by atoms with E-state index in [0.29, 0.717) is 0 Å². The van der Waals surface area contributed by atoms with Crippen LogP contribution in [0.4, 0.5) is 0 Å². The Kier molecular flexibility index (Phi) is 16.2. The molecule has 19 heavy (non-hydrogen) atoms. The number of carbonyl (C=O) groups is 1. The second-order valence-electron chi connectivity index (χ2n) is 3.90. The predicted molar refractivity (Wildman–Crippen MR) is 68.9 cm³/mol. The predicted octanol–water partition coefficient (Wildman–Crippen LogP) is -0.412. The van der Waals surface area contributed by atoms with Crippen molar-refractivity contribution in [1.82, 2.24) is 0 Å². The van der Waals surface area contributed by atoms with Crippen LogP contribution in [0.2, 0.25) is 0 Å². The van der Waals surface area contributed by atoms with Crippen molar-refractivity contribution in [3.63, 3.8) is 0 Å². The van der Waals surface area contributed by atoms with Crippen molar-refractivity contribution in [2.75, 3.05) is 0 Å². The van der Waals surface area contributed by atoms with Gasteiger partial charge in [0.1, 0.15) is 0 Å². The summed E-state index contributed by atoms with van der Waals surface area (Å²) < 4.78 is 0. The molecule has 0 amide bonds. The zero-order chi connectivity index (χ0) is 14.7. The summed E-state index contributed by atoms with van der Waals surface area (Å²) in [6.45, 7) is 6.44. The maximum Gasteiger partial charge on any atom is 3.00 e. The van der Waals surface area contributed by atoms with Gasteiger partial charge in [-0.1, -0.05) is 51.6 Å². The van der Waals surface area contributed by atoms with E-state index in [1.165, 1.54) is 24.3 Å². The van der Waals surface area contributed by atoms with E-state index in [0.717, 1.165) is 0 Å². The molecule has 0 aromatic heterocycles. The molecule has 0 aliphatic carbocycles. The molecule has 0 bridgehead atoms. The molecule has 0 radical (unpaired) electrons. The minimum atomic E-state index is -1.18. The van der Waals surface area contributed by atoms with Crippen molar-refractivity contribution in [3.8, 4) is 5.75 Å². The molecule has 1 rings (SSSR count). The number of benzene rings is 1. The van der Waals surface area contributed by atoms with Crippen LogP contribution in [-0.2, 0) is 0 Å². The van der Waals surface area contributed by atoms with Gasteiger partial charge in [0.25, 0.3) is 0 Å². The molecule has 0 fully saturated rings. The van der Waals surface area contributed by atoms with Crippen LogP contribution in [0.15, 0.2) is 24.3 Å². The number of rotatable bonds is 1. The van der Waals surface area contributed by atoms with E-state index in [2.05, 4.69) is 0 Å². The van der Waals surface area contributed by atoms with Crippen LogP contribution in [0, 0.1) is 0 Å². The Balaban J connectivity index is -0.000000242. The van der Waals surface area contributed by atoms with E-state index < -0.39 is 23.9 Å². The first-order valence-corrected chi connectivity index (χ1v) is 5.49. The van der Waals surface area contributed by atoms with E-state index in [1.54, 1.807) is 27.7 Å².